The van der Waals surface area contributed by atoms with Crippen LogP contribution < -0.4 is 16.2 Å². The molecule has 4 nitrogen and oxygen atoms in total. The number of carbonyl (C=O) groups is 1. The van der Waals surface area contributed by atoms with Gasteiger partial charge in [0.1, 0.15) is 0 Å². The van der Waals surface area contributed by atoms with Crippen LogP contribution in [0.15, 0.2) is 33.9 Å². The highest BCUT2D eigenvalue weighted by molar-refractivity contribution is 5.94. The van der Waals surface area contributed by atoms with Crippen LogP contribution in [0, 0.1) is 6.92 Å². The topological polar surface area (TPSA) is 63.2 Å². The molecule has 1 N–H and O–H groups in total. The minimum atomic E-state index is -0.466. The molecule has 19 heavy (non-hydrogen) atoms. The lowest BCUT2D eigenvalue weighted by molar-refractivity contribution is 0.101. The van der Waals surface area contributed by atoms with Gasteiger partial charge in [0, 0.05) is 17.2 Å². The summed E-state index contributed by atoms with van der Waals surface area (Å²) in [6.45, 7) is 5.03. The summed E-state index contributed by atoms with van der Waals surface area (Å²) in [4.78, 5) is 33.9. The highest BCUT2D eigenvalue weighted by atomic mass is 16.2. The van der Waals surface area contributed by atoms with E-state index in [0.717, 1.165) is 5.56 Å². The molecule has 2 aromatic carbocycles. The zero-order valence-corrected chi connectivity index (χ0v) is 11.1. The van der Waals surface area contributed by atoms with Gasteiger partial charge in [-0.25, -0.2) is 0 Å². The van der Waals surface area contributed by atoms with E-state index >= 15 is 0 Å². The molecule has 4 heteroatoms. The third-order valence-electron chi connectivity index (χ3n) is 3.30. The van der Waals surface area contributed by atoms with Crippen molar-refractivity contribution in [2.24, 2.45) is 0 Å². The maximum atomic E-state index is 11.4. The molecule has 2 aromatic rings. The van der Waals surface area contributed by atoms with Gasteiger partial charge >= 0.3 is 0 Å². The van der Waals surface area contributed by atoms with Crippen molar-refractivity contribution in [3.63, 3.8) is 0 Å². The molecule has 2 rings (SSSR count). The second kappa shape index (κ2) is 4.80. The number of ketones is 1. The van der Waals surface area contributed by atoms with Crippen LogP contribution in [-0.4, -0.2) is 5.78 Å². The number of hydrogen-bond acceptors (Lipinski definition) is 4. The first kappa shape index (κ1) is 13.2. The van der Waals surface area contributed by atoms with E-state index < -0.39 is 10.9 Å². The second-order valence-electron chi connectivity index (χ2n) is 4.71. The van der Waals surface area contributed by atoms with Crippen molar-refractivity contribution in [1.82, 2.24) is 0 Å². The predicted molar refractivity (Wildman–Crippen MR) is 74.6 cm³/mol. The lowest BCUT2D eigenvalue weighted by Gasteiger charge is -2.18. The summed E-state index contributed by atoms with van der Waals surface area (Å²) in [7, 11) is 0. The van der Waals surface area contributed by atoms with E-state index in [1.165, 1.54) is 6.92 Å². The summed E-state index contributed by atoms with van der Waals surface area (Å²) in [5.41, 5.74) is 1.50. The van der Waals surface area contributed by atoms with Gasteiger partial charge in [0.2, 0.25) is 10.9 Å². The summed E-state index contributed by atoms with van der Waals surface area (Å²) >= 11 is 0. The molecule has 0 aliphatic heterocycles. The third kappa shape index (κ3) is 2.34. The summed E-state index contributed by atoms with van der Waals surface area (Å²) in [5, 5.41) is 3.03. The molecule has 0 aliphatic rings. The molecule has 0 spiro atoms. The van der Waals surface area contributed by atoms with E-state index in [-0.39, 0.29) is 11.8 Å². The van der Waals surface area contributed by atoms with Crippen LogP contribution in [0.2, 0.25) is 0 Å². The largest absolute Gasteiger partial charge is 0.375 e. The summed E-state index contributed by atoms with van der Waals surface area (Å²) in [6.07, 6.45) is 0. The minimum absolute atomic E-state index is 0.000607. The molecule has 0 bridgehead atoms. The van der Waals surface area contributed by atoms with Crippen LogP contribution in [0.5, 0.6) is 0 Å². The van der Waals surface area contributed by atoms with Gasteiger partial charge in [0.15, 0.2) is 5.78 Å². The van der Waals surface area contributed by atoms with Crippen molar-refractivity contribution in [3.8, 4) is 0 Å². The molecular weight excluding hydrogens is 242 g/mol. The molecule has 0 aromatic heterocycles. The molecule has 0 saturated heterocycles. The standard InChI is InChI=1S/C15H15NO3/c1-8-13(15(19)14(8)18)16-9(2)11-5-4-6-12(7-11)10(3)17/h4-7,9,16H,1-3H3. The molecule has 0 amide bonds. The lowest BCUT2D eigenvalue weighted by Crippen LogP contribution is -2.37. The maximum Gasteiger partial charge on any atom is 0.249 e. The number of nitrogens with one attached hydrogen (secondary N) is 1. The number of Topliss-reactive ketones (excluding diaryl/α,β-unsaturated/α-hetero) is 1. The highest BCUT2D eigenvalue weighted by Crippen LogP contribution is 2.20. The Kier molecular flexibility index (Phi) is 3.34. The van der Waals surface area contributed by atoms with Crippen LogP contribution in [0.4, 0.5) is 5.69 Å². The first-order valence-electron chi connectivity index (χ1n) is 6.09. The Bertz CT molecular complexity index is 708. The molecule has 1 unspecified atom stereocenters. The fraction of sp³-hybridized carbons (Fsp3) is 0.267. The first-order valence-corrected chi connectivity index (χ1v) is 6.09. The Morgan fingerprint density at radius 3 is 2.47 bits per heavy atom. The quantitative estimate of drug-likeness (QED) is 0.672. The number of benzene rings is 1. The Morgan fingerprint density at radius 1 is 1.21 bits per heavy atom. The smallest absolute Gasteiger partial charge is 0.249 e. The van der Waals surface area contributed by atoms with E-state index in [0.29, 0.717) is 16.8 Å². The van der Waals surface area contributed by atoms with Crippen LogP contribution in [0.25, 0.3) is 0 Å². The van der Waals surface area contributed by atoms with Crippen molar-refractivity contribution >= 4 is 11.5 Å². The normalized spacial score (nSPS) is 12.4. The van der Waals surface area contributed by atoms with Gasteiger partial charge in [-0.15, -0.1) is 0 Å². The molecule has 0 radical (unpaired) electrons. The van der Waals surface area contributed by atoms with Crippen molar-refractivity contribution in [3.05, 3.63) is 61.4 Å². The Morgan fingerprint density at radius 2 is 1.89 bits per heavy atom. The third-order valence-corrected chi connectivity index (χ3v) is 3.30. The zero-order chi connectivity index (χ0) is 14.2. The monoisotopic (exact) mass is 257 g/mol. The van der Waals surface area contributed by atoms with Gasteiger partial charge < -0.3 is 5.32 Å². The first-order chi connectivity index (χ1) is 8.91. The van der Waals surface area contributed by atoms with Crippen molar-refractivity contribution in [2.75, 3.05) is 5.32 Å². The molecule has 0 saturated carbocycles. The van der Waals surface area contributed by atoms with Crippen LogP contribution in [0.1, 0.15) is 41.4 Å². The van der Waals surface area contributed by atoms with Crippen molar-refractivity contribution in [1.29, 1.82) is 0 Å². The van der Waals surface area contributed by atoms with E-state index in [9.17, 15) is 14.4 Å². The van der Waals surface area contributed by atoms with Crippen LogP contribution in [-0.2, 0) is 0 Å². The molecule has 0 heterocycles. The predicted octanol–water partition coefficient (Wildman–Crippen LogP) is 1.97. The van der Waals surface area contributed by atoms with Crippen molar-refractivity contribution < 1.29 is 4.79 Å². The fourth-order valence-corrected chi connectivity index (χ4v) is 2.01. The van der Waals surface area contributed by atoms with Gasteiger partial charge in [-0.1, -0.05) is 18.2 Å². The Balaban J connectivity index is 2.24. The van der Waals surface area contributed by atoms with Gasteiger partial charge in [-0.2, -0.15) is 0 Å². The van der Waals surface area contributed by atoms with E-state index in [1.807, 2.05) is 13.0 Å². The molecule has 1 atom stereocenters. The Labute approximate surface area is 110 Å². The average molecular weight is 257 g/mol. The van der Waals surface area contributed by atoms with Gasteiger partial charge in [0.05, 0.1) is 5.69 Å². The molecule has 0 fully saturated rings. The van der Waals surface area contributed by atoms with Gasteiger partial charge in [-0.3, -0.25) is 14.4 Å². The number of anilines is 1. The zero-order valence-electron chi connectivity index (χ0n) is 11.1. The molecule has 98 valence electrons. The fourth-order valence-electron chi connectivity index (χ4n) is 2.01. The SMILES string of the molecule is CC(=O)c1cccc(C(C)Nc2c(C)c(=O)c2=O)c1. The number of carbonyl (C=O) groups excluding carboxylic acids is 1. The van der Waals surface area contributed by atoms with Gasteiger partial charge in [-0.05, 0) is 32.4 Å². The van der Waals surface area contributed by atoms with Gasteiger partial charge in [0.25, 0.3) is 0 Å². The van der Waals surface area contributed by atoms with E-state index in [2.05, 4.69) is 5.32 Å². The summed E-state index contributed by atoms with van der Waals surface area (Å²) in [5.74, 6) is -0.000607. The molecular formula is C15H15NO3. The van der Waals surface area contributed by atoms with Crippen LogP contribution in [0.3, 0.4) is 0 Å². The van der Waals surface area contributed by atoms with Crippen LogP contribution >= 0.6 is 0 Å². The Hall–Kier alpha value is -2.23. The number of hydrogen-bond donors (Lipinski definition) is 1. The van der Waals surface area contributed by atoms with E-state index in [1.54, 1.807) is 25.1 Å². The summed E-state index contributed by atoms with van der Waals surface area (Å²) in [6, 6.07) is 7.09. The summed E-state index contributed by atoms with van der Waals surface area (Å²) < 4.78 is 0. The maximum absolute atomic E-state index is 11.4. The molecule has 0 aliphatic carbocycles. The number of rotatable bonds is 4. The highest BCUT2D eigenvalue weighted by Gasteiger charge is 2.18. The lowest BCUT2D eigenvalue weighted by atomic mass is 10.0. The average Bonchev–Trinajstić information content (AvgIpc) is 2.43. The second-order valence-corrected chi connectivity index (χ2v) is 4.71. The van der Waals surface area contributed by atoms with E-state index in [4.69, 9.17) is 0 Å². The van der Waals surface area contributed by atoms with Crippen molar-refractivity contribution in [2.45, 2.75) is 26.8 Å². The minimum Gasteiger partial charge on any atom is -0.375 e.